The SMILES string of the molecule is CCNc1ccnc(-c2ccc3ccccc3n2)n1. The number of fused-ring (bicyclic) bond motifs is 1. The summed E-state index contributed by atoms with van der Waals surface area (Å²) in [7, 11) is 0. The largest absolute Gasteiger partial charge is 0.370 e. The van der Waals surface area contributed by atoms with Gasteiger partial charge in [0.1, 0.15) is 11.5 Å². The Labute approximate surface area is 111 Å². The Hall–Kier alpha value is -2.49. The molecule has 0 saturated heterocycles. The minimum Gasteiger partial charge on any atom is -0.370 e. The van der Waals surface area contributed by atoms with E-state index in [-0.39, 0.29) is 0 Å². The summed E-state index contributed by atoms with van der Waals surface area (Å²) in [4.78, 5) is 13.3. The van der Waals surface area contributed by atoms with Gasteiger partial charge in [0.25, 0.3) is 0 Å². The number of benzene rings is 1. The van der Waals surface area contributed by atoms with Crippen molar-refractivity contribution in [1.29, 1.82) is 0 Å². The number of aromatic nitrogens is 3. The zero-order valence-corrected chi connectivity index (χ0v) is 10.7. The lowest BCUT2D eigenvalue weighted by Crippen LogP contribution is -2.01. The van der Waals surface area contributed by atoms with Crippen molar-refractivity contribution in [2.75, 3.05) is 11.9 Å². The van der Waals surface area contributed by atoms with Crippen molar-refractivity contribution in [2.24, 2.45) is 0 Å². The van der Waals surface area contributed by atoms with Crippen LogP contribution in [0, 0.1) is 0 Å². The Morgan fingerprint density at radius 2 is 1.89 bits per heavy atom. The highest BCUT2D eigenvalue weighted by atomic mass is 15.0. The zero-order valence-electron chi connectivity index (χ0n) is 10.7. The molecule has 1 aromatic carbocycles. The third-order valence-corrected chi connectivity index (χ3v) is 2.84. The van der Waals surface area contributed by atoms with Gasteiger partial charge in [0.15, 0.2) is 5.82 Å². The highest BCUT2D eigenvalue weighted by Crippen LogP contribution is 2.18. The lowest BCUT2D eigenvalue weighted by molar-refractivity contribution is 1.10. The van der Waals surface area contributed by atoms with Crippen molar-refractivity contribution < 1.29 is 0 Å². The molecule has 3 aromatic rings. The van der Waals surface area contributed by atoms with Gasteiger partial charge in [-0.25, -0.2) is 15.0 Å². The predicted octanol–water partition coefficient (Wildman–Crippen LogP) is 3.12. The Bertz CT molecular complexity index is 709. The fraction of sp³-hybridized carbons (Fsp3) is 0.133. The molecular formula is C15H14N4. The van der Waals surface area contributed by atoms with Gasteiger partial charge in [-0.3, -0.25) is 0 Å². The Morgan fingerprint density at radius 3 is 2.79 bits per heavy atom. The molecule has 0 aliphatic rings. The monoisotopic (exact) mass is 250 g/mol. The zero-order chi connectivity index (χ0) is 13.1. The molecular weight excluding hydrogens is 236 g/mol. The van der Waals surface area contributed by atoms with Gasteiger partial charge in [-0.2, -0.15) is 0 Å². The van der Waals surface area contributed by atoms with Crippen LogP contribution in [0.5, 0.6) is 0 Å². The fourth-order valence-corrected chi connectivity index (χ4v) is 1.95. The van der Waals surface area contributed by atoms with Crippen molar-refractivity contribution in [3.63, 3.8) is 0 Å². The van der Waals surface area contributed by atoms with Gasteiger partial charge >= 0.3 is 0 Å². The maximum atomic E-state index is 4.59. The van der Waals surface area contributed by atoms with Crippen molar-refractivity contribution in [3.05, 3.63) is 48.7 Å². The van der Waals surface area contributed by atoms with Crippen molar-refractivity contribution >= 4 is 16.7 Å². The molecule has 0 amide bonds. The van der Waals surface area contributed by atoms with Gasteiger partial charge in [-0.05, 0) is 25.1 Å². The number of para-hydroxylation sites is 1. The van der Waals surface area contributed by atoms with E-state index >= 15 is 0 Å². The minimum absolute atomic E-state index is 0.643. The quantitative estimate of drug-likeness (QED) is 0.776. The highest BCUT2D eigenvalue weighted by molar-refractivity contribution is 5.80. The molecule has 0 spiro atoms. The summed E-state index contributed by atoms with van der Waals surface area (Å²) in [6.07, 6.45) is 1.75. The van der Waals surface area contributed by atoms with E-state index in [9.17, 15) is 0 Å². The molecule has 19 heavy (non-hydrogen) atoms. The van der Waals surface area contributed by atoms with Crippen LogP contribution in [-0.2, 0) is 0 Å². The number of pyridine rings is 1. The topological polar surface area (TPSA) is 50.7 Å². The summed E-state index contributed by atoms with van der Waals surface area (Å²) in [5.41, 5.74) is 1.75. The van der Waals surface area contributed by atoms with E-state index in [0.717, 1.165) is 29.0 Å². The molecule has 0 aliphatic carbocycles. The van der Waals surface area contributed by atoms with Gasteiger partial charge in [0, 0.05) is 18.1 Å². The average Bonchev–Trinajstić information content (AvgIpc) is 2.47. The predicted molar refractivity (Wildman–Crippen MR) is 76.9 cm³/mol. The second-order valence-corrected chi connectivity index (χ2v) is 4.19. The fourth-order valence-electron chi connectivity index (χ4n) is 1.95. The summed E-state index contributed by atoms with van der Waals surface area (Å²) >= 11 is 0. The number of rotatable bonds is 3. The molecule has 0 fully saturated rings. The molecule has 94 valence electrons. The second kappa shape index (κ2) is 5.02. The van der Waals surface area contributed by atoms with Crippen molar-refractivity contribution in [2.45, 2.75) is 6.92 Å². The van der Waals surface area contributed by atoms with Crippen LogP contribution in [0.15, 0.2) is 48.7 Å². The van der Waals surface area contributed by atoms with Gasteiger partial charge in [-0.1, -0.05) is 24.3 Å². The van der Waals surface area contributed by atoms with Crippen LogP contribution in [0.3, 0.4) is 0 Å². The number of nitrogens with zero attached hydrogens (tertiary/aromatic N) is 3. The van der Waals surface area contributed by atoms with E-state index in [1.165, 1.54) is 0 Å². The van der Waals surface area contributed by atoms with Crippen LogP contribution in [0.1, 0.15) is 6.92 Å². The van der Waals surface area contributed by atoms with E-state index in [1.807, 2.05) is 49.4 Å². The third kappa shape index (κ3) is 2.38. The van der Waals surface area contributed by atoms with Crippen LogP contribution in [-0.4, -0.2) is 21.5 Å². The van der Waals surface area contributed by atoms with Crippen LogP contribution < -0.4 is 5.32 Å². The molecule has 1 N–H and O–H groups in total. The maximum absolute atomic E-state index is 4.59. The smallest absolute Gasteiger partial charge is 0.180 e. The molecule has 0 bridgehead atoms. The first-order chi connectivity index (χ1) is 9.36. The van der Waals surface area contributed by atoms with E-state index in [0.29, 0.717) is 5.82 Å². The normalized spacial score (nSPS) is 10.6. The number of hydrogen-bond acceptors (Lipinski definition) is 4. The second-order valence-electron chi connectivity index (χ2n) is 4.19. The van der Waals surface area contributed by atoms with E-state index in [2.05, 4.69) is 20.3 Å². The Balaban J connectivity index is 2.05. The molecule has 4 nitrogen and oxygen atoms in total. The van der Waals surface area contributed by atoms with Crippen LogP contribution in [0.25, 0.3) is 22.4 Å². The molecule has 0 radical (unpaired) electrons. The van der Waals surface area contributed by atoms with Crippen molar-refractivity contribution in [1.82, 2.24) is 15.0 Å². The summed E-state index contributed by atoms with van der Waals surface area (Å²) in [6, 6.07) is 13.9. The van der Waals surface area contributed by atoms with Crippen molar-refractivity contribution in [3.8, 4) is 11.5 Å². The maximum Gasteiger partial charge on any atom is 0.180 e. The average molecular weight is 250 g/mol. The molecule has 3 rings (SSSR count). The summed E-state index contributed by atoms with van der Waals surface area (Å²) < 4.78 is 0. The first kappa shape index (κ1) is 11.6. The molecule has 2 aromatic heterocycles. The van der Waals surface area contributed by atoms with Crippen LogP contribution >= 0.6 is 0 Å². The number of hydrogen-bond donors (Lipinski definition) is 1. The first-order valence-electron chi connectivity index (χ1n) is 6.30. The third-order valence-electron chi connectivity index (χ3n) is 2.84. The summed E-state index contributed by atoms with van der Waals surface area (Å²) in [5.74, 6) is 1.46. The van der Waals surface area contributed by atoms with Crippen LogP contribution in [0.2, 0.25) is 0 Å². The Kier molecular flexibility index (Phi) is 3.06. The lowest BCUT2D eigenvalue weighted by Gasteiger charge is -2.05. The minimum atomic E-state index is 0.643. The van der Waals surface area contributed by atoms with Crippen LogP contribution in [0.4, 0.5) is 5.82 Å². The van der Waals surface area contributed by atoms with Gasteiger partial charge in [0.05, 0.1) is 5.52 Å². The Morgan fingerprint density at radius 1 is 1.00 bits per heavy atom. The summed E-state index contributed by atoms with van der Waals surface area (Å²) in [5, 5.41) is 4.30. The standard InChI is InChI=1S/C15H14N4/c1-2-16-14-9-10-17-15(19-14)13-8-7-11-5-3-4-6-12(11)18-13/h3-10H,2H2,1H3,(H,16,17,19). The molecule has 0 unspecified atom stereocenters. The lowest BCUT2D eigenvalue weighted by atomic mass is 10.2. The van der Waals surface area contributed by atoms with E-state index in [4.69, 9.17) is 0 Å². The molecule has 4 heteroatoms. The first-order valence-corrected chi connectivity index (χ1v) is 6.30. The van der Waals surface area contributed by atoms with E-state index in [1.54, 1.807) is 6.20 Å². The van der Waals surface area contributed by atoms with Gasteiger partial charge in [-0.15, -0.1) is 0 Å². The van der Waals surface area contributed by atoms with Gasteiger partial charge in [0.2, 0.25) is 0 Å². The molecule has 0 saturated carbocycles. The highest BCUT2D eigenvalue weighted by Gasteiger charge is 2.05. The molecule has 2 heterocycles. The summed E-state index contributed by atoms with van der Waals surface area (Å²) in [6.45, 7) is 2.87. The number of nitrogens with one attached hydrogen (secondary N) is 1. The number of anilines is 1. The van der Waals surface area contributed by atoms with E-state index < -0.39 is 0 Å². The molecule has 0 atom stereocenters. The molecule has 0 aliphatic heterocycles. The van der Waals surface area contributed by atoms with Gasteiger partial charge < -0.3 is 5.32 Å².